The molecule has 1 aliphatic carbocycles. The molecular formula is C16H23ClF2N2O. The number of carbonyl (C=O) groups is 1. The molecule has 1 amide bonds. The molecule has 0 aromatic heterocycles. The van der Waals surface area contributed by atoms with E-state index < -0.39 is 17.5 Å². The summed E-state index contributed by atoms with van der Waals surface area (Å²) in [6.45, 7) is 1.05. The molecule has 1 aromatic rings. The lowest BCUT2D eigenvalue weighted by Gasteiger charge is -2.16. The van der Waals surface area contributed by atoms with Gasteiger partial charge in [-0.1, -0.05) is 31.7 Å². The van der Waals surface area contributed by atoms with Gasteiger partial charge in [-0.2, -0.15) is 0 Å². The Bertz CT molecular complexity index is 477. The van der Waals surface area contributed by atoms with Crippen molar-refractivity contribution in [2.24, 2.45) is 0 Å². The monoisotopic (exact) mass is 332 g/mol. The van der Waals surface area contributed by atoms with Crippen molar-refractivity contribution in [3.63, 3.8) is 0 Å². The van der Waals surface area contributed by atoms with Crippen LogP contribution >= 0.6 is 12.4 Å². The van der Waals surface area contributed by atoms with Crippen molar-refractivity contribution in [1.82, 2.24) is 10.6 Å². The van der Waals surface area contributed by atoms with Gasteiger partial charge in [0.2, 0.25) is 0 Å². The zero-order valence-corrected chi connectivity index (χ0v) is 13.4. The summed E-state index contributed by atoms with van der Waals surface area (Å²) in [4.78, 5) is 11.8. The standard InChI is InChI=1S/C16H22F2N2O.ClH/c17-14-9-5-8-13(15(14)18)16(21)20-11-10-19-12-6-3-1-2-4-7-12;/h5,8-9,12,19H,1-4,6-7,10-11H2,(H,20,21);1H. The maximum atomic E-state index is 13.4. The van der Waals surface area contributed by atoms with E-state index in [-0.39, 0.29) is 18.0 Å². The molecule has 2 rings (SSSR count). The van der Waals surface area contributed by atoms with Crippen molar-refractivity contribution in [2.75, 3.05) is 13.1 Å². The van der Waals surface area contributed by atoms with Crippen LogP contribution in [0.5, 0.6) is 0 Å². The molecule has 22 heavy (non-hydrogen) atoms. The Balaban J connectivity index is 0.00000242. The highest BCUT2D eigenvalue weighted by molar-refractivity contribution is 5.94. The van der Waals surface area contributed by atoms with Gasteiger partial charge in [-0.15, -0.1) is 12.4 Å². The molecule has 0 atom stereocenters. The fourth-order valence-corrected chi connectivity index (χ4v) is 2.71. The van der Waals surface area contributed by atoms with Crippen molar-refractivity contribution in [2.45, 2.75) is 44.6 Å². The van der Waals surface area contributed by atoms with E-state index in [1.807, 2.05) is 0 Å². The van der Waals surface area contributed by atoms with Crippen LogP contribution in [0.1, 0.15) is 48.9 Å². The number of nitrogens with one attached hydrogen (secondary N) is 2. The number of rotatable bonds is 5. The lowest BCUT2D eigenvalue weighted by atomic mass is 10.1. The van der Waals surface area contributed by atoms with E-state index in [9.17, 15) is 13.6 Å². The van der Waals surface area contributed by atoms with Crippen LogP contribution in [0.25, 0.3) is 0 Å². The van der Waals surface area contributed by atoms with Crippen LogP contribution < -0.4 is 10.6 Å². The number of hydrogen-bond donors (Lipinski definition) is 2. The maximum Gasteiger partial charge on any atom is 0.254 e. The molecule has 3 nitrogen and oxygen atoms in total. The average Bonchev–Trinajstić information content (AvgIpc) is 2.75. The van der Waals surface area contributed by atoms with Gasteiger partial charge in [0, 0.05) is 19.1 Å². The van der Waals surface area contributed by atoms with Gasteiger partial charge in [-0.05, 0) is 25.0 Å². The minimum absolute atomic E-state index is 0. The molecule has 0 heterocycles. The van der Waals surface area contributed by atoms with Gasteiger partial charge in [-0.25, -0.2) is 8.78 Å². The molecule has 0 unspecified atom stereocenters. The van der Waals surface area contributed by atoms with E-state index in [4.69, 9.17) is 0 Å². The molecule has 0 bridgehead atoms. The molecule has 6 heteroatoms. The first-order chi connectivity index (χ1) is 10.2. The first-order valence-electron chi connectivity index (χ1n) is 7.64. The van der Waals surface area contributed by atoms with Crippen LogP contribution in [0.15, 0.2) is 18.2 Å². The third-order valence-corrected chi connectivity index (χ3v) is 3.89. The highest BCUT2D eigenvalue weighted by atomic mass is 35.5. The van der Waals surface area contributed by atoms with Gasteiger partial charge in [0.15, 0.2) is 11.6 Å². The predicted molar refractivity (Wildman–Crippen MR) is 85.4 cm³/mol. The van der Waals surface area contributed by atoms with Gasteiger partial charge in [0.25, 0.3) is 5.91 Å². The minimum Gasteiger partial charge on any atom is -0.351 e. The van der Waals surface area contributed by atoms with E-state index >= 15 is 0 Å². The van der Waals surface area contributed by atoms with Crippen molar-refractivity contribution in [1.29, 1.82) is 0 Å². The fourth-order valence-electron chi connectivity index (χ4n) is 2.71. The molecule has 0 spiro atoms. The Hall–Kier alpha value is -1.20. The molecule has 1 aliphatic rings. The van der Waals surface area contributed by atoms with E-state index in [0.29, 0.717) is 19.1 Å². The smallest absolute Gasteiger partial charge is 0.254 e. The highest BCUT2D eigenvalue weighted by Gasteiger charge is 2.15. The van der Waals surface area contributed by atoms with Crippen LogP contribution in [-0.2, 0) is 0 Å². The summed E-state index contributed by atoms with van der Waals surface area (Å²) in [5.41, 5.74) is -0.246. The number of halogens is 3. The second-order valence-corrected chi connectivity index (χ2v) is 5.50. The summed E-state index contributed by atoms with van der Waals surface area (Å²) in [6, 6.07) is 4.12. The summed E-state index contributed by atoms with van der Waals surface area (Å²) in [6.07, 6.45) is 7.44. The lowest BCUT2D eigenvalue weighted by molar-refractivity contribution is 0.0948. The molecule has 1 fully saturated rings. The van der Waals surface area contributed by atoms with Gasteiger partial charge < -0.3 is 10.6 Å². The Morgan fingerprint density at radius 2 is 1.77 bits per heavy atom. The van der Waals surface area contributed by atoms with Gasteiger partial charge in [0.1, 0.15) is 0 Å². The SMILES string of the molecule is Cl.O=C(NCCNC1CCCCCC1)c1cccc(F)c1F. The van der Waals surface area contributed by atoms with Crippen LogP contribution in [0.2, 0.25) is 0 Å². The largest absolute Gasteiger partial charge is 0.351 e. The Labute approximate surface area is 136 Å². The van der Waals surface area contributed by atoms with Crippen molar-refractivity contribution in [3.05, 3.63) is 35.4 Å². The predicted octanol–water partition coefficient (Wildman–Crippen LogP) is 3.43. The first-order valence-corrected chi connectivity index (χ1v) is 7.64. The van der Waals surface area contributed by atoms with Crippen LogP contribution in [0, 0.1) is 11.6 Å². The second-order valence-electron chi connectivity index (χ2n) is 5.50. The normalized spacial score (nSPS) is 15.7. The van der Waals surface area contributed by atoms with Gasteiger partial charge in [0.05, 0.1) is 5.56 Å². The third-order valence-electron chi connectivity index (χ3n) is 3.89. The molecule has 0 saturated heterocycles. The number of amides is 1. The van der Waals surface area contributed by atoms with Crippen molar-refractivity contribution in [3.8, 4) is 0 Å². The topological polar surface area (TPSA) is 41.1 Å². The number of carbonyl (C=O) groups excluding carboxylic acids is 1. The molecule has 0 radical (unpaired) electrons. The molecule has 2 N–H and O–H groups in total. The van der Waals surface area contributed by atoms with Gasteiger partial charge >= 0.3 is 0 Å². The van der Waals surface area contributed by atoms with E-state index in [1.54, 1.807) is 0 Å². The average molecular weight is 333 g/mol. The third kappa shape index (κ3) is 5.54. The number of benzene rings is 1. The minimum atomic E-state index is -1.09. The second kappa shape index (κ2) is 9.74. The van der Waals surface area contributed by atoms with E-state index in [1.165, 1.54) is 50.7 Å². The highest BCUT2D eigenvalue weighted by Crippen LogP contribution is 2.16. The molecule has 1 aromatic carbocycles. The summed E-state index contributed by atoms with van der Waals surface area (Å²) in [5, 5.41) is 6.03. The summed E-state index contributed by atoms with van der Waals surface area (Å²) < 4.78 is 26.5. The quantitative estimate of drug-likeness (QED) is 0.640. The van der Waals surface area contributed by atoms with Crippen molar-refractivity contribution < 1.29 is 13.6 Å². The van der Waals surface area contributed by atoms with Crippen LogP contribution in [0.3, 0.4) is 0 Å². The van der Waals surface area contributed by atoms with E-state index in [0.717, 1.165) is 6.07 Å². The summed E-state index contributed by atoms with van der Waals surface area (Å²) in [5.74, 6) is -2.67. The van der Waals surface area contributed by atoms with E-state index in [2.05, 4.69) is 10.6 Å². The van der Waals surface area contributed by atoms with Crippen molar-refractivity contribution >= 4 is 18.3 Å². The molecule has 1 saturated carbocycles. The Morgan fingerprint density at radius 1 is 1.09 bits per heavy atom. The number of hydrogen-bond acceptors (Lipinski definition) is 2. The van der Waals surface area contributed by atoms with Crippen LogP contribution in [-0.4, -0.2) is 25.0 Å². The summed E-state index contributed by atoms with van der Waals surface area (Å²) in [7, 11) is 0. The molecular weight excluding hydrogens is 310 g/mol. The van der Waals surface area contributed by atoms with Gasteiger partial charge in [-0.3, -0.25) is 4.79 Å². The van der Waals surface area contributed by atoms with Crippen LogP contribution in [0.4, 0.5) is 8.78 Å². The Kier molecular flexibility index (Phi) is 8.35. The molecule has 0 aliphatic heterocycles. The first kappa shape index (κ1) is 18.8. The summed E-state index contributed by atoms with van der Waals surface area (Å²) >= 11 is 0. The zero-order valence-electron chi connectivity index (χ0n) is 12.5. The lowest BCUT2D eigenvalue weighted by Crippen LogP contribution is -2.37. The molecule has 124 valence electrons. The zero-order chi connectivity index (χ0) is 15.1. The Morgan fingerprint density at radius 3 is 2.45 bits per heavy atom. The maximum absolute atomic E-state index is 13.4. The fraction of sp³-hybridized carbons (Fsp3) is 0.562.